The zero-order chi connectivity index (χ0) is 33.2. The standard InChI is InChI=1S/C28H30F7N7O3S/c29-18-11-16(10-17(12-18)27(30,31)32)24-20(15-42-4-1-2-21(42)28(33,34)35)46-26(38-24)39-25(45)19-13-37-22(14-36-19)41-8-6-40(7-9-41)5-3-23(43)44/h10-14,21,25,45H,1-9,15H2,(H,38,39)(H,43,44)/t21-,25?/m0/s1. The zero-order valence-electron chi connectivity index (χ0n) is 24.2. The number of alkyl halides is 6. The van der Waals surface area contributed by atoms with Gasteiger partial charge in [0.25, 0.3) is 0 Å². The lowest BCUT2D eigenvalue weighted by molar-refractivity contribution is -0.177. The van der Waals surface area contributed by atoms with Gasteiger partial charge in [-0.3, -0.25) is 19.6 Å². The number of halogens is 7. The van der Waals surface area contributed by atoms with Gasteiger partial charge in [-0.15, -0.1) is 11.3 Å². The molecule has 2 aliphatic heterocycles. The number of nitrogens with one attached hydrogen (secondary N) is 1. The molecular formula is C28H30F7N7O3S. The number of thiazole rings is 1. The third-order valence-electron chi connectivity index (χ3n) is 7.82. The van der Waals surface area contributed by atoms with Crippen LogP contribution in [0.3, 0.4) is 0 Å². The van der Waals surface area contributed by atoms with Gasteiger partial charge < -0.3 is 20.4 Å². The van der Waals surface area contributed by atoms with Crippen LogP contribution in [0.2, 0.25) is 0 Å². The van der Waals surface area contributed by atoms with Crippen LogP contribution in [0.15, 0.2) is 30.6 Å². The lowest BCUT2D eigenvalue weighted by atomic mass is 10.1. The molecule has 4 heterocycles. The van der Waals surface area contributed by atoms with E-state index in [0.717, 1.165) is 22.3 Å². The summed E-state index contributed by atoms with van der Waals surface area (Å²) in [6.45, 7) is 2.67. The van der Waals surface area contributed by atoms with Crippen molar-refractivity contribution in [3.63, 3.8) is 0 Å². The van der Waals surface area contributed by atoms with Crippen molar-refractivity contribution in [3.05, 3.63) is 52.5 Å². The largest absolute Gasteiger partial charge is 0.481 e. The molecule has 2 fully saturated rings. The molecular weight excluding hydrogens is 647 g/mol. The van der Waals surface area contributed by atoms with Crippen molar-refractivity contribution in [2.75, 3.05) is 49.5 Å². The fourth-order valence-electron chi connectivity index (χ4n) is 5.49. The van der Waals surface area contributed by atoms with Gasteiger partial charge in [0.1, 0.15) is 23.4 Å². The van der Waals surface area contributed by atoms with E-state index in [2.05, 4.69) is 20.3 Å². The van der Waals surface area contributed by atoms with Crippen LogP contribution in [-0.2, 0) is 17.5 Å². The minimum absolute atomic E-state index is 0.0264. The predicted molar refractivity (Wildman–Crippen MR) is 154 cm³/mol. The zero-order valence-corrected chi connectivity index (χ0v) is 25.0. The van der Waals surface area contributed by atoms with Crippen LogP contribution in [0.4, 0.5) is 41.7 Å². The van der Waals surface area contributed by atoms with Crippen LogP contribution in [-0.4, -0.2) is 92.4 Å². The number of aliphatic hydroxyl groups is 1. The number of hydrogen-bond acceptors (Lipinski definition) is 10. The van der Waals surface area contributed by atoms with Crippen molar-refractivity contribution < 1.29 is 45.7 Å². The van der Waals surface area contributed by atoms with Crippen LogP contribution in [0.5, 0.6) is 0 Å². The van der Waals surface area contributed by atoms with Gasteiger partial charge >= 0.3 is 18.3 Å². The number of anilines is 2. The number of aromatic nitrogens is 3. The normalized spacial score (nSPS) is 19.0. The average molecular weight is 678 g/mol. The Labute approximate surface area is 262 Å². The first kappa shape index (κ1) is 33.7. The molecule has 3 N–H and O–H groups in total. The van der Waals surface area contributed by atoms with Crippen LogP contribution >= 0.6 is 11.3 Å². The van der Waals surface area contributed by atoms with E-state index in [-0.39, 0.29) is 59.3 Å². The van der Waals surface area contributed by atoms with E-state index in [1.807, 2.05) is 9.80 Å². The molecule has 0 radical (unpaired) electrons. The third-order valence-corrected chi connectivity index (χ3v) is 8.79. The Morgan fingerprint density at radius 3 is 2.41 bits per heavy atom. The summed E-state index contributed by atoms with van der Waals surface area (Å²) < 4.78 is 95.6. The molecule has 5 rings (SSSR count). The highest BCUT2D eigenvalue weighted by molar-refractivity contribution is 7.16. The Kier molecular flexibility index (Phi) is 10.00. The molecule has 250 valence electrons. The molecule has 0 bridgehead atoms. The van der Waals surface area contributed by atoms with E-state index in [1.54, 1.807) is 0 Å². The SMILES string of the molecule is O=C(O)CCN1CCN(c2cnc(C(O)Nc3nc(-c4cc(F)cc(C(F)(F)F)c4)c(CN4CCC[C@H]4C(F)(F)F)s3)cn2)CC1. The second kappa shape index (κ2) is 13.6. The highest BCUT2D eigenvalue weighted by Crippen LogP contribution is 2.40. The molecule has 0 spiro atoms. The maximum atomic E-state index is 14.3. The van der Waals surface area contributed by atoms with Gasteiger partial charge in [0.05, 0.1) is 30.1 Å². The van der Waals surface area contributed by atoms with E-state index in [4.69, 9.17) is 5.11 Å². The highest BCUT2D eigenvalue weighted by Gasteiger charge is 2.46. The first-order valence-corrected chi connectivity index (χ1v) is 15.1. The van der Waals surface area contributed by atoms with E-state index in [1.165, 1.54) is 12.4 Å². The lowest BCUT2D eigenvalue weighted by Crippen LogP contribution is -2.47. The Bertz CT molecular complexity index is 1510. The second-order valence-electron chi connectivity index (χ2n) is 11.0. The summed E-state index contributed by atoms with van der Waals surface area (Å²) in [4.78, 5) is 29.0. The molecule has 2 aromatic heterocycles. The number of carbonyl (C=O) groups is 1. The molecule has 0 saturated carbocycles. The van der Waals surface area contributed by atoms with Crippen LogP contribution in [0.1, 0.15) is 41.6 Å². The van der Waals surface area contributed by atoms with Crippen molar-refractivity contribution in [1.82, 2.24) is 24.8 Å². The Balaban J connectivity index is 1.34. The number of rotatable bonds is 10. The second-order valence-corrected chi connectivity index (χ2v) is 12.1. The van der Waals surface area contributed by atoms with Crippen molar-refractivity contribution in [2.45, 2.75) is 50.4 Å². The number of benzene rings is 1. The first-order chi connectivity index (χ1) is 21.7. The smallest absolute Gasteiger partial charge is 0.416 e. The number of likely N-dealkylation sites (tertiary alicyclic amines) is 1. The summed E-state index contributed by atoms with van der Waals surface area (Å²) in [5.74, 6) is -1.53. The number of carboxylic acid groups (broad SMARTS) is 1. The van der Waals surface area contributed by atoms with Gasteiger partial charge in [-0.05, 0) is 37.6 Å². The minimum Gasteiger partial charge on any atom is -0.481 e. The maximum Gasteiger partial charge on any atom is 0.416 e. The van der Waals surface area contributed by atoms with Gasteiger partial charge in [0.2, 0.25) is 0 Å². The van der Waals surface area contributed by atoms with Crippen molar-refractivity contribution in [3.8, 4) is 11.3 Å². The quantitative estimate of drug-likeness (QED) is 0.200. The monoisotopic (exact) mass is 677 g/mol. The molecule has 2 atom stereocenters. The topological polar surface area (TPSA) is 118 Å². The van der Waals surface area contributed by atoms with Gasteiger partial charge in [-0.1, -0.05) is 0 Å². The fourth-order valence-corrected chi connectivity index (χ4v) is 6.52. The Hall–Kier alpha value is -3.61. The van der Waals surface area contributed by atoms with Gasteiger partial charge in [-0.25, -0.2) is 14.4 Å². The number of piperazine rings is 1. The molecule has 2 aliphatic rings. The summed E-state index contributed by atoms with van der Waals surface area (Å²) in [5, 5.41) is 22.4. The summed E-state index contributed by atoms with van der Waals surface area (Å²) in [6, 6.07) is 0.0862. The lowest BCUT2D eigenvalue weighted by Gasteiger charge is -2.35. The molecule has 0 aliphatic carbocycles. The van der Waals surface area contributed by atoms with Crippen molar-refractivity contribution in [1.29, 1.82) is 0 Å². The molecule has 46 heavy (non-hydrogen) atoms. The Morgan fingerprint density at radius 2 is 1.78 bits per heavy atom. The average Bonchev–Trinajstić information content (AvgIpc) is 3.63. The molecule has 3 aromatic rings. The molecule has 10 nitrogen and oxygen atoms in total. The molecule has 1 aromatic carbocycles. The van der Waals surface area contributed by atoms with Crippen LogP contribution in [0, 0.1) is 5.82 Å². The molecule has 2 saturated heterocycles. The van der Waals surface area contributed by atoms with Gasteiger partial charge in [0.15, 0.2) is 11.4 Å². The number of aliphatic hydroxyl groups excluding tert-OH is 1. The fraction of sp³-hybridized carbons (Fsp3) is 0.500. The predicted octanol–water partition coefficient (Wildman–Crippen LogP) is 4.98. The number of carboxylic acids is 1. The number of hydrogen-bond donors (Lipinski definition) is 3. The van der Waals surface area contributed by atoms with Crippen molar-refractivity contribution >= 4 is 28.3 Å². The van der Waals surface area contributed by atoms with Crippen LogP contribution < -0.4 is 10.2 Å². The van der Waals surface area contributed by atoms with E-state index in [9.17, 15) is 40.6 Å². The minimum atomic E-state index is -4.88. The molecule has 0 amide bonds. The maximum absolute atomic E-state index is 14.3. The third kappa shape index (κ3) is 8.21. The van der Waals surface area contributed by atoms with Crippen LogP contribution in [0.25, 0.3) is 11.3 Å². The highest BCUT2D eigenvalue weighted by atomic mass is 32.1. The molecule has 1 unspecified atom stereocenters. The number of nitrogens with zero attached hydrogens (tertiary/aromatic N) is 6. The van der Waals surface area contributed by atoms with E-state index in [0.29, 0.717) is 50.7 Å². The summed E-state index contributed by atoms with van der Waals surface area (Å²) >= 11 is 0.835. The van der Waals surface area contributed by atoms with Gasteiger partial charge in [-0.2, -0.15) is 26.3 Å². The summed E-state index contributed by atoms with van der Waals surface area (Å²) in [7, 11) is 0. The van der Waals surface area contributed by atoms with E-state index < -0.39 is 42.0 Å². The van der Waals surface area contributed by atoms with Gasteiger partial charge in [0, 0.05) is 49.7 Å². The number of aliphatic carboxylic acids is 1. The molecule has 18 heteroatoms. The Morgan fingerprint density at radius 1 is 1.04 bits per heavy atom. The first-order valence-electron chi connectivity index (χ1n) is 14.3. The summed E-state index contributed by atoms with van der Waals surface area (Å²) in [5.41, 5.74) is -1.61. The van der Waals surface area contributed by atoms with Crippen molar-refractivity contribution in [2.24, 2.45) is 0 Å². The summed E-state index contributed by atoms with van der Waals surface area (Å²) in [6.07, 6.45) is -7.93. The van der Waals surface area contributed by atoms with E-state index >= 15 is 0 Å².